The van der Waals surface area contributed by atoms with E-state index >= 15 is 0 Å². The van der Waals surface area contributed by atoms with Gasteiger partial charge in [-0.05, 0) is 49.2 Å². The predicted octanol–water partition coefficient (Wildman–Crippen LogP) is 3.79. The summed E-state index contributed by atoms with van der Waals surface area (Å²) in [4.78, 5) is 7.97. The van der Waals surface area contributed by atoms with Gasteiger partial charge in [0.2, 0.25) is 0 Å². The summed E-state index contributed by atoms with van der Waals surface area (Å²) in [5.41, 5.74) is 5.82. The highest BCUT2D eigenvalue weighted by molar-refractivity contribution is 5.77. The van der Waals surface area contributed by atoms with Crippen molar-refractivity contribution >= 4 is 16.7 Å². The average Bonchev–Trinajstić information content (AvgIpc) is 2.80. The van der Waals surface area contributed by atoms with Crippen LogP contribution in [0.5, 0.6) is 0 Å². The van der Waals surface area contributed by atoms with Crippen molar-refractivity contribution in [2.45, 2.75) is 20.4 Å². The molecule has 96 valence electrons. The first-order valence-electron chi connectivity index (χ1n) is 6.47. The molecule has 3 nitrogen and oxygen atoms in total. The predicted molar refractivity (Wildman–Crippen MR) is 79.3 cm³/mol. The Labute approximate surface area is 112 Å². The van der Waals surface area contributed by atoms with Gasteiger partial charge in [0.1, 0.15) is 5.82 Å². The molecule has 0 aliphatic heterocycles. The van der Waals surface area contributed by atoms with Gasteiger partial charge in [-0.15, -0.1) is 0 Å². The van der Waals surface area contributed by atoms with E-state index in [1.54, 1.807) is 0 Å². The lowest BCUT2D eigenvalue weighted by atomic mass is 10.1. The zero-order valence-corrected chi connectivity index (χ0v) is 11.2. The first-order valence-corrected chi connectivity index (χ1v) is 6.47. The highest BCUT2D eigenvalue weighted by atomic mass is 15.0. The number of aromatic nitrogens is 2. The summed E-state index contributed by atoms with van der Waals surface area (Å²) in [6.07, 6.45) is 0. The van der Waals surface area contributed by atoms with Crippen LogP contribution in [0.25, 0.3) is 11.0 Å². The molecule has 0 amide bonds. The molecule has 0 aliphatic carbocycles. The molecular weight excluding hydrogens is 234 g/mol. The van der Waals surface area contributed by atoms with Gasteiger partial charge < -0.3 is 10.3 Å². The third kappa shape index (κ3) is 2.45. The summed E-state index contributed by atoms with van der Waals surface area (Å²) in [6, 6.07) is 14.4. The minimum absolute atomic E-state index is 0.705. The van der Waals surface area contributed by atoms with Crippen LogP contribution in [0, 0.1) is 13.8 Å². The van der Waals surface area contributed by atoms with Crippen LogP contribution in [0.15, 0.2) is 42.5 Å². The first-order chi connectivity index (χ1) is 9.22. The second-order valence-electron chi connectivity index (χ2n) is 4.86. The normalized spacial score (nSPS) is 10.8. The summed E-state index contributed by atoms with van der Waals surface area (Å²) in [7, 11) is 0. The van der Waals surface area contributed by atoms with E-state index in [1.807, 2.05) is 18.2 Å². The molecule has 0 bridgehead atoms. The lowest BCUT2D eigenvalue weighted by Crippen LogP contribution is -2.00. The average molecular weight is 251 g/mol. The SMILES string of the molecule is Cc1cc2nc(CNc3ccccc3)[nH]c2cc1C. The number of aromatic amines is 1. The van der Waals surface area contributed by atoms with Crippen LogP contribution in [0.4, 0.5) is 5.69 Å². The van der Waals surface area contributed by atoms with E-state index in [9.17, 15) is 0 Å². The maximum absolute atomic E-state index is 4.61. The molecule has 0 fully saturated rings. The number of benzene rings is 2. The van der Waals surface area contributed by atoms with Crippen molar-refractivity contribution in [3.8, 4) is 0 Å². The smallest absolute Gasteiger partial charge is 0.126 e. The van der Waals surface area contributed by atoms with Crippen LogP contribution >= 0.6 is 0 Å². The van der Waals surface area contributed by atoms with E-state index in [0.717, 1.165) is 22.5 Å². The molecule has 0 spiro atoms. The number of hydrogen-bond acceptors (Lipinski definition) is 2. The molecule has 1 aromatic heterocycles. The van der Waals surface area contributed by atoms with E-state index in [-0.39, 0.29) is 0 Å². The van der Waals surface area contributed by atoms with Gasteiger partial charge in [0.25, 0.3) is 0 Å². The van der Waals surface area contributed by atoms with E-state index in [4.69, 9.17) is 0 Å². The minimum atomic E-state index is 0.705. The minimum Gasteiger partial charge on any atom is -0.378 e. The Balaban J connectivity index is 1.82. The Kier molecular flexibility index (Phi) is 2.95. The monoisotopic (exact) mass is 251 g/mol. The molecule has 3 heteroatoms. The number of aryl methyl sites for hydroxylation is 2. The first kappa shape index (κ1) is 11.8. The standard InChI is InChI=1S/C16H17N3/c1-11-8-14-15(9-12(11)2)19-16(18-14)10-17-13-6-4-3-5-7-13/h3-9,17H,10H2,1-2H3,(H,18,19). The molecule has 0 unspecified atom stereocenters. The molecule has 3 rings (SSSR count). The van der Waals surface area contributed by atoms with Crippen molar-refractivity contribution in [2.24, 2.45) is 0 Å². The molecule has 0 aliphatic rings. The fraction of sp³-hybridized carbons (Fsp3) is 0.188. The van der Waals surface area contributed by atoms with Gasteiger partial charge in [-0.1, -0.05) is 18.2 Å². The van der Waals surface area contributed by atoms with Crippen LogP contribution < -0.4 is 5.32 Å². The van der Waals surface area contributed by atoms with Crippen LogP contribution in [-0.4, -0.2) is 9.97 Å². The Bertz CT molecular complexity index is 660. The van der Waals surface area contributed by atoms with Crippen molar-refractivity contribution in [2.75, 3.05) is 5.32 Å². The van der Waals surface area contributed by atoms with Crippen molar-refractivity contribution in [1.29, 1.82) is 0 Å². The highest BCUT2D eigenvalue weighted by Gasteiger charge is 2.04. The maximum atomic E-state index is 4.61. The molecule has 0 saturated heterocycles. The summed E-state index contributed by atoms with van der Waals surface area (Å²) in [5, 5.41) is 3.36. The van der Waals surface area contributed by atoms with Gasteiger partial charge in [0.15, 0.2) is 0 Å². The Morgan fingerprint density at radius 3 is 2.58 bits per heavy atom. The number of nitrogens with one attached hydrogen (secondary N) is 2. The van der Waals surface area contributed by atoms with E-state index in [2.05, 4.69) is 53.4 Å². The van der Waals surface area contributed by atoms with Gasteiger partial charge in [-0.3, -0.25) is 0 Å². The highest BCUT2D eigenvalue weighted by Crippen LogP contribution is 2.17. The Morgan fingerprint density at radius 2 is 1.79 bits per heavy atom. The summed E-state index contributed by atoms with van der Waals surface area (Å²) in [5.74, 6) is 0.962. The molecule has 2 N–H and O–H groups in total. The maximum Gasteiger partial charge on any atom is 0.126 e. The van der Waals surface area contributed by atoms with E-state index < -0.39 is 0 Å². The topological polar surface area (TPSA) is 40.7 Å². The van der Waals surface area contributed by atoms with Crippen molar-refractivity contribution in [3.05, 3.63) is 59.4 Å². The van der Waals surface area contributed by atoms with Crippen LogP contribution in [-0.2, 0) is 6.54 Å². The van der Waals surface area contributed by atoms with Crippen LogP contribution in [0.3, 0.4) is 0 Å². The van der Waals surface area contributed by atoms with Crippen LogP contribution in [0.1, 0.15) is 17.0 Å². The van der Waals surface area contributed by atoms with Gasteiger partial charge in [0, 0.05) is 5.69 Å². The number of rotatable bonds is 3. The molecule has 19 heavy (non-hydrogen) atoms. The number of imidazole rings is 1. The van der Waals surface area contributed by atoms with E-state index in [0.29, 0.717) is 6.54 Å². The zero-order valence-electron chi connectivity index (χ0n) is 11.2. The molecule has 1 heterocycles. The summed E-state index contributed by atoms with van der Waals surface area (Å²) < 4.78 is 0. The number of anilines is 1. The summed E-state index contributed by atoms with van der Waals surface area (Å²) in [6.45, 7) is 4.94. The van der Waals surface area contributed by atoms with Crippen molar-refractivity contribution < 1.29 is 0 Å². The third-order valence-electron chi connectivity index (χ3n) is 3.38. The molecular formula is C16H17N3. The number of H-pyrrole nitrogens is 1. The number of nitrogens with zero attached hydrogens (tertiary/aromatic N) is 1. The zero-order chi connectivity index (χ0) is 13.2. The molecule has 0 atom stereocenters. The molecule has 0 radical (unpaired) electrons. The van der Waals surface area contributed by atoms with E-state index in [1.165, 1.54) is 11.1 Å². The Morgan fingerprint density at radius 1 is 1.05 bits per heavy atom. The molecule has 2 aromatic carbocycles. The fourth-order valence-corrected chi connectivity index (χ4v) is 2.15. The molecule has 0 saturated carbocycles. The van der Waals surface area contributed by atoms with Gasteiger partial charge >= 0.3 is 0 Å². The number of hydrogen-bond donors (Lipinski definition) is 2. The van der Waals surface area contributed by atoms with Crippen molar-refractivity contribution in [3.63, 3.8) is 0 Å². The van der Waals surface area contributed by atoms with Gasteiger partial charge in [0.05, 0.1) is 17.6 Å². The van der Waals surface area contributed by atoms with Gasteiger partial charge in [-0.2, -0.15) is 0 Å². The fourth-order valence-electron chi connectivity index (χ4n) is 2.15. The van der Waals surface area contributed by atoms with Gasteiger partial charge in [-0.25, -0.2) is 4.98 Å². The second kappa shape index (κ2) is 4.76. The lowest BCUT2D eigenvalue weighted by Gasteiger charge is -2.02. The second-order valence-corrected chi connectivity index (χ2v) is 4.86. The lowest BCUT2D eigenvalue weighted by molar-refractivity contribution is 1.01. The quantitative estimate of drug-likeness (QED) is 0.743. The van der Waals surface area contributed by atoms with Crippen LogP contribution in [0.2, 0.25) is 0 Å². The largest absolute Gasteiger partial charge is 0.378 e. The summed E-state index contributed by atoms with van der Waals surface area (Å²) >= 11 is 0. The number of fused-ring (bicyclic) bond motifs is 1. The third-order valence-corrected chi connectivity index (χ3v) is 3.38. The van der Waals surface area contributed by atoms with Crippen molar-refractivity contribution in [1.82, 2.24) is 9.97 Å². The number of para-hydroxylation sites is 1. The Hall–Kier alpha value is -2.29. The molecule has 3 aromatic rings.